The number of pyridine rings is 1. The number of fused-ring (bicyclic) bond motifs is 5. The lowest BCUT2D eigenvalue weighted by Crippen LogP contribution is -2.55. The molecule has 6 nitrogen and oxygen atoms in total. The van der Waals surface area contributed by atoms with E-state index in [4.69, 9.17) is 4.98 Å². The Labute approximate surface area is 209 Å². The van der Waals surface area contributed by atoms with Gasteiger partial charge in [-0.25, -0.2) is 4.98 Å². The van der Waals surface area contributed by atoms with Gasteiger partial charge < -0.3 is 5.11 Å². The molecule has 7 heteroatoms. The van der Waals surface area contributed by atoms with E-state index in [1.54, 1.807) is 30.6 Å². The molecule has 4 aliphatic carbocycles. The maximum Gasteiger partial charge on any atom is 0.259 e. The number of anilines is 1. The number of ketones is 1. The third-order valence-electron chi connectivity index (χ3n) is 9.52. The van der Waals surface area contributed by atoms with E-state index in [1.165, 1.54) is 16.9 Å². The lowest BCUT2D eigenvalue weighted by molar-refractivity contribution is -0.115. The fourth-order valence-corrected chi connectivity index (χ4v) is 8.74. The molecule has 0 radical (unpaired) electrons. The van der Waals surface area contributed by atoms with Crippen LogP contribution in [0.3, 0.4) is 0 Å². The van der Waals surface area contributed by atoms with E-state index in [-0.39, 0.29) is 34.4 Å². The molecule has 0 aromatic carbocycles. The molecular formula is C28H31N3O3S. The van der Waals surface area contributed by atoms with Gasteiger partial charge in [0.1, 0.15) is 0 Å². The number of aliphatic hydroxyl groups is 1. The Balaban J connectivity index is 1.24. The van der Waals surface area contributed by atoms with Crippen molar-refractivity contribution in [2.75, 3.05) is 5.32 Å². The van der Waals surface area contributed by atoms with Gasteiger partial charge in [-0.2, -0.15) is 0 Å². The van der Waals surface area contributed by atoms with Crippen molar-refractivity contribution in [3.8, 4) is 0 Å². The predicted molar refractivity (Wildman–Crippen MR) is 135 cm³/mol. The normalized spacial score (nSPS) is 37.7. The average molecular weight is 490 g/mol. The first kappa shape index (κ1) is 22.8. The SMILES string of the molecule is CC12C=CC(=O)C=C1CCC1C2C(O)CC2(C)C(c3csc(NC(=O)c4cccnc4)n3)CCC12. The van der Waals surface area contributed by atoms with Gasteiger partial charge in [0.05, 0.1) is 17.4 Å². The number of rotatable bonds is 3. The summed E-state index contributed by atoms with van der Waals surface area (Å²) in [7, 11) is 0. The van der Waals surface area contributed by atoms with Crippen LogP contribution in [0.1, 0.15) is 67.9 Å². The van der Waals surface area contributed by atoms with E-state index in [1.807, 2.05) is 6.08 Å². The maximum atomic E-state index is 12.6. The summed E-state index contributed by atoms with van der Waals surface area (Å²) in [5.74, 6) is 1.22. The molecule has 7 atom stereocenters. The van der Waals surface area contributed by atoms with Crippen molar-refractivity contribution in [1.82, 2.24) is 9.97 Å². The molecule has 3 fully saturated rings. The van der Waals surface area contributed by atoms with Gasteiger partial charge in [0.2, 0.25) is 0 Å². The first-order chi connectivity index (χ1) is 16.8. The molecule has 7 unspecified atom stereocenters. The van der Waals surface area contributed by atoms with Gasteiger partial charge >= 0.3 is 0 Å². The van der Waals surface area contributed by atoms with Gasteiger partial charge in [-0.05, 0) is 73.6 Å². The standard InChI is InChI=1S/C28H31N3O3S/c1-27-10-9-18(32)12-17(27)5-6-19-20-7-8-21(28(20,2)13-23(33)24(19)27)22-15-35-26(30-22)31-25(34)16-4-3-11-29-14-16/h3-4,9-12,14-15,19-21,23-24,33H,5-8,13H2,1-2H3,(H,30,31,34). The Morgan fingerprint density at radius 1 is 1.26 bits per heavy atom. The van der Waals surface area contributed by atoms with Crippen LogP contribution in [0.25, 0.3) is 0 Å². The lowest BCUT2D eigenvalue weighted by Gasteiger charge is -2.58. The van der Waals surface area contributed by atoms with Crippen LogP contribution in [0.5, 0.6) is 0 Å². The number of aromatic nitrogens is 2. The molecule has 2 N–H and O–H groups in total. The number of nitrogens with one attached hydrogen (secondary N) is 1. The van der Waals surface area contributed by atoms with Gasteiger partial charge in [-0.1, -0.05) is 25.5 Å². The number of amides is 1. The van der Waals surface area contributed by atoms with Gasteiger partial charge in [0, 0.05) is 35.0 Å². The van der Waals surface area contributed by atoms with E-state index < -0.39 is 6.10 Å². The van der Waals surface area contributed by atoms with Crippen molar-refractivity contribution >= 4 is 28.2 Å². The van der Waals surface area contributed by atoms with E-state index in [0.29, 0.717) is 22.5 Å². The molecule has 0 aliphatic heterocycles. The van der Waals surface area contributed by atoms with Crippen molar-refractivity contribution in [1.29, 1.82) is 0 Å². The van der Waals surface area contributed by atoms with E-state index >= 15 is 0 Å². The summed E-state index contributed by atoms with van der Waals surface area (Å²) in [6.45, 7) is 4.56. The Kier molecular flexibility index (Phi) is 5.34. The number of carbonyl (C=O) groups excluding carboxylic acids is 2. The molecular weight excluding hydrogens is 458 g/mol. The molecule has 6 rings (SSSR count). The summed E-state index contributed by atoms with van der Waals surface area (Å²) in [6, 6.07) is 3.48. The fourth-order valence-electron chi connectivity index (χ4n) is 7.98. The molecule has 182 valence electrons. The molecule has 0 bridgehead atoms. The Morgan fingerprint density at radius 2 is 2.11 bits per heavy atom. The summed E-state index contributed by atoms with van der Waals surface area (Å²) in [5.41, 5.74) is 2.46. The topological polar surface area (TPSA) is 92.2 Å². The highest BCUT2D eigenvalue weighted by Crippen LogP contribution is 2.67. The van der Waals surface area contributed by atoms with Crippen LogP contribution in [0.2, 0.25) is 0 Å². The first-order valence-corrected chi connectivity index (χ1v) is 13.5. The predicted octanol–water partition coefficient (Wildman–Crippen LogP) is 5.15. The summed E-state index contributed by atoms with van der Waals surface area (Å²) in [6.07, 6.45) is 13.2. The second-order valence-corrected chi connectivity index (χ2v) is 12.1. The van der Waals surface area contributed by atoms with E-state index in [9.17, 15) is 14.7 Å². The molecule has 2 aromatic heterocycles. The number of nitrogens with zero attached hydrogens (tertiary/aromatic N) is 2. The quantitative estimate of drug-likeness (QED) is 0.622. The molecule has 1 amide bonds. The summed E-state index contributed by atoms with van der Waals surface area (Å²) >= 11 is 1.46. The van der Waals surface area contributed by atoms with Crippen LogP contribution in [0.4, 0.5) is 5.13 Å². The summed E-state index contributed by atoms with van der Waals surface area (Å²) < 4.78 is 0. The minimum atomic E-state index is -0.420. The molecule has 35 heavy (non-hydrogen) atoms. The van der Waals surface area contributed by atoms with Gasteiger partial charge in [-0.3, -0.25) is 19.9 Å². The number of carbonyl (C=O) groups is 2. The van der Waals surface area contributed by atoms with Gasteiger partial charge in [0.15, 0.2) is 10.9 Å². The van der Waals surface area contributed by atoms with Crippen LogP contribution < -0.4 is 5.32 Å². The monoisotopic (exact) mass is 489 g/mol. The lowest BCUT2D eigenvalue weighted by atomic mass is 9.47. The average Bonchev–Trinajstić information content (AvgIpc) is 3.43. The van der Waals surface area contributed by atoms with Crippen molar-refractivity contribution in [2.24, 2.45) is 28.6 Å². The molecule has 4 aliphatic rings. The van der Waals surface area contributed by atoms with Crippen LogP contribution in [-0.2, 0) is 4.79 Å². The zero-order valence-corrected chi connectivity index (χ0v) is 20.9. The van der Waals surface area contributed by atoms with Crippen LogP contribution in [-0.4, -0.2) is 32.9 Å². The third kappa shape index (κ3) is 3.54. The van der Waals surface area contributed by atoms with Crippen molar-refractivity contribution in [3.63, 3.8) is 0 Å². The number of hydrogen-bond donors (Lipinski definition) is 2. The Bertz CT molecular complexity index is 1240. The highest BCUT2D eigenvalue weighted by atomic mass is 32.1. The number of thiazole rings is 1. The molecule has 2 aromatic rings. The second-order valence-electron chi connectivity index (χ2n) is 11.2. The number of hydrogen-bond acceptors (Lipinski definition) is 6. The third-order valence-corrected chi connectivity index (χ3v) is 10.3. The van der Waals surface area contributed by atoms with Gasteiger partial charge in [0.25, 0.3) is 5.91 Å². The largest absolute Gasteiger partial charge is 0.393 e. The number of aliphatic hydroxyl groups excluding tert-OH is 1. The summed E-state index contributed by atoms with van der Waals surface area (Å²) in [4.78, 5) is 33.4. The van der Waals surface area contributed by atoms with Crippen LogP contribution in [0, 0.1) is 28.6 Å². The molecule has 0 spiro atoms. The summed E-state index contributed by atoms with van der Waals surface area (Å²) in [5, 5.41) is 17.2. The highest BCUT2D eigenvalue weighted by molar-refractivity contribution is 7.14. The minimum absolute atomic E-state index is 0.0366. The first-order valence-electron chi connectivity index (χ1n) is 12.6. The molecule has 0 saturated heterocycles. The second kappa shape index (κ2) is 8.20. The smallest absolute Gasteiger partial charge is 0.259 e. The minimum Gasteiger partial charge on any atom is -0.393 e. The van der Waals surface area contributed by atoms with E-state index in [0.717, 1.165) is 37.8 Å². The zero-order valence-electron chi connectivity index (χ0n) is 20.1. The highest BCUT2D eigenvalue weighted by Gasteiger charge is 2.62. The van der Waals surface area contributed by atoms with Crippen molar-refractivity contribution in [3.05, 3.63) is 65.0 Å². The van der Waals surface area contributed by atoms with Crippen molar-refractivity contribution in [2.45, 2.75) is 58.0 Å². The van der Waals surface area contributed by atoms with Gasteiger partial charge in [-0.15, -0.1) is 11.3 Å². The number of allylic oxidation sites excluding steroid dienone is 4. The Hall–Kier alpha value is -2.64. The van der Waals surface area contributed by atoms with Crippen LogP contribution >= 0.6 is 11.3 Å². The van der Waals surface area contributed by atoms with E-state index in [2.05, 4.69) is 35.6 Å². The zero-order chi connectivity index (χ0) is 24.4. The molecule has 3 saturated carbocycles. The Morgan fingerprint density at radius 3 is 2.91 bits per heavy atom. The van der Waals surface area contributed by atoms with Crippen molar-refractivity contribution < 1.29 is 14.7 Å². The maximum absolute atomic E-state index is 12.6. The molecule has 2 heterocycles. The van der Waals surface area contributed by atoms with Crippen LogP contribution in [0.15, 0.2) is 53.7 Å². The fraction of sp³-hybridized carbons (Fsp3) is 0.500.